The average molecular weight is 304 g/mol. The van der Waals surface area contributed by atoms with Crippen molar-refractivity contribution in [2.75, 3.05) is 20.0 Å². The maximum Gasteiger partial charge on any atom is 0.124 e. The van der Waals surface area contributed by atoms with Gasteiger partial charge in [0.1, 0.15) is 11.5 Å². The molecule has 21 heavy (non-hydrogen) atoms. The van der Waals surface area contributed by atoms with Crippen LogP contribution in [-0.2, 0) is 0 Å². The Balaban J connectivity index is 2.08. The van der Waals surface area contributed by atoms with E-state index in [1.54, 1.807) is 26.0 Å². The standard InChI is InChI=1S/C17H20O3S/c1-12-4-7-14(8-5-12)21-11-16(18)15-10-13(19-2)6-9-17(15)20-3/h4-10,16,18H,11H2,1-3H3. The minimum Gasteiger partial charge on any atom is -0.497 e. The SMILES string of the molecule is COc1ccc(OC)c(C(O)CSc2ccc(C)cc2)c1. The normalized spacial score (nSPS) is 12.0. The molecule has 1 unspecified atom stereocenters. The molecule has 4 heteroatoms. The predicted octanol–water partition coefficient (Wildman–Crippen LogP) is 3.84. The Morgan fingerprint density at radius 3 is 2.38 bits per heavy atom. The second kappa shape index (κ2) is 7.38. The number of rotatable bonds is 6. The van der Waals surface area contributed by atoms with Crippen LogP contribution in [0.15, 0.2) is 47.4 Å². The van der Waals surface area contributed by atoms with Gasteiger partial charge in [0.25, 0.3) is 0 Å². The van der Waals surface area contributed by atoms with Gasteiger partial charge in [0.15, 0.2) is 0 Å². The molecule has 2 aromatic rings. The van der Waals surface area contributed by atoms with E-state index >= 15 is 0 Å². The monoisotopic (exact) mass is 304 g/mol. The van der Waals surface area contributed by atoms with Crippen LogP contribution in [0, 0.1) is 6.92 Å². The molecule has 0 spiro atoms. The van der Waals surface area contributed by atoms with Crippen molar-refractivity contribution in [3.05, 3.63) is 53.6 Å². The number of aliphatic hydroxyl groups is 1. The Hall–Kier alpha value is -1.65. The van der Waals surface area contributed by atoms with E-state index in [9.17, 15) is 5.11 Å². The van der Waals surface area contributed by atoms with E-state index in [1.165, 1.54) is 5.56 Å². The van der Waals surface area contributed by atoms with Gasteiger partial charge in [-0.15, -0.1) is 11.8 Å². The van der Waals surface area contributed by atoms with E-state index in [4.69, 9.17) is 9.47 Å². The molecule has 3 nitrogen and oxygen atoms in total. The number of thioether (sulfide) groups is 1. The maximum absolute atomic E-state index is 10.4. The summed E-state index contributed by atoms with van der Waals surface area (Å²) >= 11 is 1.62. The van der Waals surface area contributed by atoms with Crippen LogP contribution in [0.2, 0.25) is 0 Å². The summed E-state index contributed by atoms with van der Waals surface area (Å²) in [7, 11) is 3.21. The van der Waals surface area contributed by atoms with Crippen LogP contribution < -0.4 is 9.47 Å². The number of aryl methyl sites for hydroxylation is 1. The molecule has 0 fully saturated rings. The quantitative estimate of drug-likeness (QED) is 0.823. The highest BCUT2D eigenvalue weighted by Gasteiger charge is 2.15. The lowest BCUT2D eigenvalue weighted by molar-refractivity contribution is 0.198. The van der Waals surface area contributed by atoms with Gasteiger partial charge in [-0.25, -0.2) is 0 Å². The lowest BCUT2D eigenvalue weighted by Crippen LogP contribution is -2.04. The second-order valence-electron chi connectivity index (χ2n) is 4.75. The molecule has 0 aliphatic heterocycles. The fraction of sp³-hybridized carbons (Fsp3) is 0.294. The van der Waals surface area contributed by atoms with Crippen molar-refractivity contribution in [2.24, 2.45) is 0 Å². The largest absolute Gasteiger partial charge is 0.497 e. The highest BCUT2D eigenvalue weighted by atomic mass is 32.2. The van der Waals surface area contributed by atoms with Gasteiger partial charge < -0.3 is 14.6 Å². The Kier molecular flexibility index (Phi) is 5.53. The van der Waals surface area contributed by atoms with E-state index in [0.29, 0.717) is 17.3 Å². The topological polar surface area (TPSA) is 38.7 Å². The van der Waals surface area contributed by atoms with E-state index < -0.39 is 6.10 Å². The number of hydrogen-bond acceptors (Lipinski definition) is 4. The van der Waals surface area contributed by atoms with Gasteiger partial charge >= 0.3 is 0 Å². The van der Waals surface area contributed by atoms with E-state index in [2.05, 4.69) is 31.2 Å². The molecular formula is C17H20O3S. The molecule has 0 bridgehead atoms. The van der Waals surface area contributed by atoms with E-state index in [-0.39, 0.29) is 0 Å². The average Bonchev–Trinajstić information content (AvgIpc) is 2.53. The second-order valence-corrected chi connectivity index (χ2v) is 5.84. The van der Waals surface area contributed by atoms with Crippen molar-refractivity contribution in [3.63, 3.8) is 0 Å². The molecule has 2 aromatic carbocycles. The molecule has 0 saturated heterocycles. The first-order chi connectivity index (χ1) is 10.1. The van der Waals surface area contributed by atoms with Crippen LogP contribution in [0.1, 0.15) is 17.2 Å². The molecule has 0 heterocycles. The summed E-state index contributed by atoms with van der Waals surface area (Å²) in [6.45, 7) is 2.06. The van der Waals surface area contributed by atoms with Crippen molar-refractivity contribution in [1.29, 1.82) is 0 Å². The molecule has 112 valence electrons. The van der Waals surface area contributed by atoms with Crippen molar-refractivity contribution >= 4 is 11.8 Å². The van der Waals surface area contributed by atoms with Gasteiger partial charge in [0.05, 0.1) is 20.3 Å². The van der Waals surface area contributed by atoms with Gasteiger partial charge in [-0.2, -0.15) is 0 Å². The minimum atomic E-state index is -0.610. The van der Waals surface area contributed by atoms with Crippen LogP contribution in [-0.4, -0.2) is 25.1 Å². The highest BCUT2D eigenvalue weighted by molar-refractivity contribution is 7.99. The van der Waals surface area contributed by atoms with Crippen molar-refractivity contribution < 1.29 is 14.6 Å². The smallest absolute Gasteiger partial charge is 0.124 e. The van der Waals surface area contributed by atoms with Crippen LogP contribution in [0.4, 0.5) is 0 Å². The summed E-state index contributed by atoms with van der Waals surface area (Å²) in [6.07, 6.45) is -0.610. The molecule has 1 atom stereocenters. The first-order valence-corrected chi connectivity index (χ1v) is 7.72. The lowest BCUT2D eigenvalue weighted by atomic mass is 10.1. The summed E-state index contributed by atoms with van der Waals surface area (Å²) in [6, 6.07) is 13.7. The summed E-state index contributed by atoms with van der Waals surface area (Å²) in [5, 5.41) is 10.4. The van der Waals surface area contributed by atoms with Crippen LogP contribution in [0.5, 0.6) is 11.5 Å². The van der Waals surface area contributed by atoms with Gasteiger partial charge in [0, 0.05) is 16.2 Å². The summed E-state index contributed by atoms with van der Waals surface area (Å²) < 4.78 is 10.5. The van der Waals surface area contributed by atoms with Crippen LogP contribution in [0.25, 0.3) is 0 Å². The molecule has 0 aliphatic carbocycles. The Labute approximate surface area is 129 Å². The summed E-state index contributed by atoms with van der Waals surface area (Å²) in [5.74, 6) is 1.95. The number of methoxy groups -OCH3 is 2. The Morgan fingerprint density at radius 1 is 1.05 bits per heavy atom. The molecule has 2 rings (SSSR count). The van der Waals surface area contributed by atoms with Crippen molar-refractivity contribution in [1.82, 2.24) is 0 Å². The Morgan fingerprint density at radius 2 is 1.76 bits per heavy atom. The zero-order valence-corrected chi connectivity index (χ0v) is 13.3. The maximum atomic E-state index is 10.4. The summed E-state index contributed by atoms with van der Waals surface area (Å²) in [5.41, 5.74) is 1.98. The molecular weight excluding hydrogens is 284 g/mol. The number of benzene rings is 2. The third-order valence-corrected chi connectivity index (χ3v) is 4.31. The first kappa shape index (κ1) is 15.7. The van der Waals surface area contributed by atoms with Crippen LogP contribution in [0.3, 0.4) is 0 Å². The number of ether oxygens (including phenoxy) is 2. The fourth-order valence-corrected chi connectivity index (χ4v) is 2.86. The van der Waals surface area contributed by atoms with Crippen molar-refractivity contribution in [2.45, 2.75) is 17.9 Å². The molecule has 0 aromatic heterocycles. The first-order valence-electron chi connectivity index (χ1n) is 6.73. The van der Waals surface area contributed by atoms with Gasteiger partial charge in [-0.05, 0) is 37.3 Å². The van der Waals surface area contributed by atoms with E-state index in [1.807, 2.05) is 18.2 Å². The van der Waals surface area contributed by atoms with Gasteiger partial charge in [-0.3, -0.25) is 0 Å². The molecule has 0 amide bonds. The molecule has 0 saturated carbocycles. The van der Waals surface area contributed by atoms with Gasteiger partial charge in [-0.1, -0.05) is 17.7 Å². The third kappa shape index (κ3) is 4.16. The van der Waals surface area contributed by atoms with Crippen LogP contribution >= 0.6 is 11.8 Å². The lowest BCUT2D eigenvalue weighted by Gasteiger charge is -2.15. The molecule has 1 N–H and O–H groups in total. The highest BCUT2D eigenvalue weighted by Crippen LogP contribution is 2.32. The van der Waals surface area contributed by atoms with Crippen molar-refractivity contribution in [3.8, 4) is 11.5 Å². The van der Waals surface area contributed by atoms with Gasteiger partial charge in [0.2, 0.25) is 0 Å². The molecule has 0 aliphatic rings. The van der Waals surface area contributed by atoms with E-state index in [0.717, 1.165) is 10.5 Å². The minimum absolute atomic E-state index is 0.562. The molecule has 0 radical (unpaired) electrons. The number of hydrogen-bond donors (Lipinski definition) is 1. The fourth-order valence-electron chi connectivity index (χ4n) is 2.00. The third-order valence-electron chi connectivity index (χ3n) is 3.22. The zero-order chi connectivity index (χ0) is 15.2. The Bertz CT molecular complexity index is 581. The predicted molar refractivity (Wildman–Crippen MR) is 86.4 cm³/mol. The number of aliphatic hydroxyl groups excluding tert-OH is 1. The summed E-state index contributed by atoms with van der Waals surface area (Å²) in [4.78, 5) is 1.14. The zero-order valence-electron chi connectivity index (χ0n) is 12.5.